The number of nitrogens with zero attached hydrogens (tertiary/aromatic N) is 1. The second-order valence-electron chi connectivity index (χ2n) is 5.39. The smallest absolute Gasteiger partial charge is 0.346 e. The summed E-state index contributed by atoms with van der Waals surface area (Å²) >= 11 is 0. The second kappa shape index (κ2) is 9.14. The number of rotatable bonds is 8. The van der Waals surface area contributed by atoms with E-state index < -0.39 is 5.97 Å². The third kappa shape index (κ3) is 5.28. The van der Waals surface area contributed by atoms with E-state index >= 15 is 0 Å². The van der Waals surface area contributed by atoms with E-state index in [2.05, 4.69) is 0 Å². The van der Waals surface area contributed by atoms with Crippen LogP contribution in [0.1, 0.15) is 11.1 Å². The zero-order valence-electron chi connectivity index (χ0n) is 14.6. The van der Waals surface area contributed by atoms with Crippen LogP contribution in [0.25, 0.3) is 6.08 Å². The number of aliphatic carboxylic acids is 1. The Morgan fingerprint density at radius 3 is 2.38 bits per heavy atom. The molecule has 0 aromatic heterocycles. The molecule has 6 heteroatoms. The van der Waals surface area contributed by atoms with Crippen LogP contribution in [-0.2, 0) is 4.79 Å². The van der Waals surface area contributed by atoms with Crippen molar-refractivity contribution in [3.05, 3.63) is 59.2 Å². The van der Waals surface area contributed by atoms with Crippen molar-refractivity contribution in [3.63, 3.8) is 0 Å². The van der Waals surface area contributed by atoms with Gasteiger partial charge in [0.1, 0.15) is 42.1 Å². The molecule has 0 aliphatic rings. The Kier molecular flexibility index (Phi) is 6.63. The van der Waals surface area contributed by atoms with Crippen molar-refractivity contribution in [1.29, 1.82) is 5.26 Å². The van der Waals surface area contributed by atoms with Gasteiger partial charge in [0.15, 0.2) is 0 Å². The van der Waals surface area contributed by atoms with Gasteiger partial charge in [-0.1, -0.05) is 17.7 Å². The van der Waals surface area contributed by atoms with E-state index in [0.717, 1.165) is 11.3 Å². The van der Waals surface area contributed by atoms with Crippen molar-refractivity contribution in [3.8, 4) is 23.3 Å². The Morgan fingerprint density at radius 2 is 1.77 bits per heavy atom. The number of carboxylic acid groups (broad SMARTS) is 1. The number of carboxylic acids is 1. The van der Waals surface area contributed by atoms with Gasteiger partial charge in [-0.3, -0.25) is 0 Å². The largest absolute Gasteiger partial charge is 0.497 e. The van der Waals surface area contributed by atoms with Crippen LogP contribution in [0.15, 0.2) is 48.0 Å². The van der Waals surface area contributed by atoms with Gasteiger partial charge in [-0.15, -0.1) is 0 Å². The van der Waals surface area contributed by atoms with Crippen LogP contribution in [-0.4, -0.2) is 31.4 Å². The first-order chi connectivity index (χ1) is 12.5. The lowest BCUT2D eigenvalue weighted by atomic mass is 10.1. The Labute approximate surface area is 151 Å². The fourth-order valence-electron chi connectivity index (χ4n) is 2.13. The van der Waals surface area contributed by atoms with E-state index in [1.807, 2.05) is 31.2 Å². The molecule has 134 valence electrons. The van der Waals surface area contributed by atoms with Crippen molar-refractivity contribution in [1.82, 2.24) is 0 Å². The van der Waals surface area contributed by atoms with Crippen molar-refractivity contribution in [2.75, 3.05) is 20.3 Å². The molecule has 26 heavy (non-hydrogen) atoms. The highest BCUT2D eigenvalue weighted by Crippen LogP contribution is 2.27. The number of aryl methyl sites for hydroxylation is 1. The normalized spacial score (nSPS) is 10.7. The molecule has 0 amide bonds. The second-order valence-corrected chi connectivity index (χ2v) is 5.39. The predicted octanol–water partition coefficient (Wildman–Crippen LogP) is 3.45. The minimum absolute atomic E-state index is 0.247. The molecule has 0 atom stereocenters. The van der Waals surface area contributed by atoms with Gasteiger partial charge in [-0.2, -0.15) is 5.26 Å². The first kappa shape index (κ1) is 18.9. The summed E-state index contributed by atoms with van der Waals surface area (Å²) in [6.07, 6.45) is 1.26. The SMILES string of the molecule is COc1ccc(C=C(C#N)C(=O)O)c(OCCOc2ccc(C)cc2)c1. The number of nitriles is 1. The molecule has 0 aliphatic heterocycles. The van der Waals surface area contributed by atoms with Crippen molar-refractivity contribution >= 4 is 12.0 Å². The number of hydrogen-bond donors (Lipinski definition) is 1. The maximum absolute atomic E-state index is 11.0. The Hall–Kier alpha value is -3.46. The van der Waals surface area contributed by atoms with Crippen LogP contribution in [0.3, 0.4) is 0 Å². The molecule has 0 fully saturated rings. The van der Waals surface area contributed by atoms with Crippen LogP contribution in [0.5, 0.6) is 17.2 Å². The van der Waals surface area contributed by atoms with Gasteiger partial charge >= 0.3 is 5.97 Å². The molecule has 1 N–H and O–H groups in total. The molecular formula is C20H19NO5. The van der Waals surface area contributed by atoms with Gasteiger partial charge in [0.05, 0.1) is 7.11 Å². The third-order valence-electron chi connectivity index (χ3n) is 3.50. The lowest BCUT2D eigenvalue weighted by Crippen LogP contribution is -2.10. The maximum atomic E-state index is 11.0. The van der Waals surface area contributed by atoms with Gasteiger partial charge in [0, 0.05) is 11.6 Å². The number of methoxy groups -OCH3 is 1. The minimum Gasteiger partial charge on any atom is -0.497 e. The average molecular weight is 353 g/mol. The van der Waals surface area contributed by atoms with Crippen LogP contribution in [0.4, 0.5) is 0 Å². The molecule has 2 aromatic rings. The van der Waals surface area contributed by atoms with Crippen LogP contribution < -0.4 is 14.2 Å². The molecule has 0 spiro atoms. The van der Waals surface area contributed by atoms with E-state index in [-0.39, 0.29) is 12.2 Å². The molecule has 0 saturated heterocycles. The number of ether oxygens (including phenoxy) is 3. The third-order valence-corrected chi connectivity index (χ3v) is 3.50. The molecule has 0 bridgehead atoms. The molecule has 0 aliphatic carbocycles. The number of benzene rings is 2. The summed E-state index contributed by atoms with van der Waals surface area (Å²) in [6.45, 7) is 2.56. The zero-order valence-corrected chi connectivity index (χ0v) is 14.6. The van der Waals surface area contributed by atoms with Gasteiger partial charge in [-0.05, 0) is 37.3 Å². The summed E-state index contributed by atoms with van der Waals surface area (Å²) in [6, 6.07) is 14.2. The molecule has 6 nitrogen and oxygen atoms in total. The summed E-state index contributed by atoms with van der Waals surface area (Å²) in [5, 5.41) is 17.9. The van der Waals surface area contributed by atoms with Crippen LogP contribution in [0, 0.1) is 18.3 Å². The van der Waals surface area contributed by atoms with E-state index in [0.29, 0.717) is 23.7 Å². The summed E-state index contributed by atoms with van der Waals surface area (Å²) in [4.78, 5) is 11.0. The Bertz CT molecular complexity index is 834. The fourth-order valence-corrected chi connectivity index (χ4v) is 2.13. The first-order valence-electron chi connectivity index (χ1n) is 7.89. The molecule has 0 saturated carbocycles. The fraction of sp³-hybridized carbons (Fsp3) is 0.200. The lowest BCUT2D eigenvalue weighted by molar-refractivity contribution is -0.132. The van der Waals surface area contributed by atoms with Crippen molar-refractivity contribution < 1.29 is 24.1 Å². The van der Waals surface area contributed by atoms with Crippen molar-refractivity contribution in [2.45, 2.75) is 6.92 Å². The predicted molar refractivity (Wildman–Crippen MR) is 96.4 cm³/mol. The van der Waals surface area contributed by atoms with Gasteiger partial charge in [0.25, 0.3) is 0 Å². The highest BCUT2D eigenvalue weighted by molar-refractivity contribution is 5.96. The quantitative estimate of drug-likeness (QED) is 0.444. The Morgan fingerprint density at radius 1 is 1.12 bits per heavy atom. The van der Waals surface area contributed by atoms with Crippen molar-refractivity contribution in [2.24, 2.45) is 0 Å². The van der Waals surface area contributed by atoms with E-state index in [9.17, 15) is 4.79 Å². The molecular weight excluding hydrogens is 334 g/mol. The first-order valence-corrected chi connectivity index (χ1v) is 7.89. The topological polar surface area (TPSA) is 88.8 Å². The zero-order chi connectivity index (χ0) is 18.9. The molecule has 2 rings (SSSR count). The summed E-state index contributed by atoms with van der Waals surface area (Å²) in [5.41, 5.74) is 1.24. The molecule has 0 unspecified atom stereocenters. The highest BCUT2D eigenvalue weighted by Gasteiger charge is 2.10. The van der Waals surface area contributed by atoms with Gasteiger partial charge < -0.3 is 19.3 Å². The molecule has 0 radical (unpaired) electrons. The molecule has 0 heterocycles. The lowest BCUT2D eigenvalue weighted by Gasteiger charge is -2.12. The minimum atomic E-state index is -1.29. The number of carbonyl (C=O) groups is 1. The van der Waals surface area contributed by atoms with E-state index in [4.69, 9.17) is 24.6 Å². The van der Waals surface area contributed by atoms with E-state index in [1.165, 1.54) is 13.2 Å². The molecule has 2 aromatic carbocycles. The summed E-state index contributed by atoms with van der Waals surface area (Å²) in [7, 11) is 1.52. The summed E-state index contributed by atoms with van der Waals surface area (Å²) in [5.74, 6) is 0.413. The standard InChI is InChI=1S/C20H19NO5/c1-14-3-6-17(7-4-14)25-9-10-26-19-12-18(24-2)8-5-15(19)11-16(13-21)20(22)23/h3-8,11-12H,9-10H2,1-2H3,(H,22,23). The summed E-state index contributed by atoms with van der Waals surface area (Å²) < 4.78 is 16.5. The van der Waals surface area contributed by atoms with Gasteiger partial charge in [0.2, 0.25) is 0 Å². The maximum Gasteiger partial charge on any atom is 0.346 e. The van der Waals surface area contributed by atoms with Gasteiger partial charge in [-0.25, -0.2) is 4.79 Å². The van der Waals surface area contributed by atoms with E-state index in [1.54, 1.807) is 24.3 Å². The Balaban J connectivity index is 2.07. The average Bonchev–Trinajstić information content (AvgIpc) is 2.65. The van der Waals surface area contributed by atoms with Crippen LogP contribution in [0.2, 0.25) is 0 Å². The highest BCUT2D eigenvalue weighted by atomic mass is 16.5. The van der Waals surface area contributed by atoms with Crippen LogP contribution >= 0.6 is 0 Å². The monoisotopic (exact) mass is 353 g/mol. The number of hydrogen-bond acceptors (Lipinski definition) is 5.